The van der Waals surface area contributed by atoms with Crippen LogP contribution in [0.2, 0.25) is 0 Å². The van der Waals surface area contributed by atoms with E-state index < -0.39 is 5.54 Å². The first kappa shape index (κ1) is 21.1. The molecule has 2 heterocycles. The topological polar surface area (TPSA) is 95.1 Å². The number of carbonyl (C=O) groups excluding carboxylic acids is 1. The van der Waals surface area contributed by atoms with E-state index in [9.17, 15) is 14.7 Å². The minimum Gasteiger partial charge on any atom is -0.394 e. The second-order valence-electron chi connectivity index (χ2n) is 7.98. The number of aromatic nitrogens is 2. The first-order chi connectivity index (χ1) is 14.3. The van der Waals surface area contributed by atoms with Crippen LogP contribution in [-0.4, -0.2) is 38.4 Å². The van der Waals surface area contributed by atoms with Gasteiger partial charge >= 0.3 is 0 Å². The fraction of sp³-hybridized carbons (Fsp3) is 0.409. The average molecular weight is 444 g/mol. The Bertz CT molecular complexity index is 1140. The predicted molar refractivity (Wildman–Crippen MR) is 122 cm³/mol. The summed E-state index contributed by atoms with van der Waals surface area (Å²) >= 11 is 2.94. The Balaban J connectivity index is 1.42. The summed E-state index contributed by atoms with van der Waals surface area (Å²) in [6.07, 6.45) is 1.26. The van der Waals surface area contributed by atoms with E-state index in [1.165, 1.54) is 34.2 Å². The molecule has 3 N–H and O–H groups in total. The maximum absolute atomic E-state index is 12.8. The molecule has 158 valence electrons. The number of fused-ring (bicyclic) bond motifs is 2. The molecule has 0 radical (unpaired) electrons. The number of aliphatic hydroxyl groups excluding tert-OH is 1. The van der Waals surface area contributed by atoms with Crippen LogP contribution in [-0.2, 0) is 23.4 Å². The van der Waals surface area contributed by atoms with Crippen molar-refractivity contribution < 1.29 is 9.90 Å². The number of nitrogens with one attached hydrogen (secondary N) is 2. The van der Waals surface area contributed by atoms with Crippen molar-refractivity contribution in [3.63, 3.8) is 0 Å². The number of H-pyrrole nitrogens is 1. The normalized spacial score (nSPS) is 15.9. The maximum atomic E-state index is 12.8. The molecule has 0 saturated carbocycles. The first-order valence-electron chi connectivity index (χ1n) is 9.92. The molecule has 1 aliphatic rings. The van der Waals surface area contributed by atoms with Gasteiger partial charge in [-0.3, -0.25) is 9.59 Å². The van der Waals surface area contributed by atoms with E-state index in [-0.39, 0.29) is 23.3 Å². The van der Waals surface area contributed by atoms with Gasteiger partial charge in [0.15, 0.2) is 0 Å². The van der Waals surface area contributed by atoms with Crippen molar-refractivity contribution in [2.24, 2.45) is 0 Å². The zero-order chi connectivity index (χ0) is 21.5. The average Bonchev–Trinajstić information content (AvgIpc) is 3.23. The number of rotatable bonds is 6. The third kappa shape index (κ3) is 3.91. The molecular weight excluding hydrogens is 418 g/mol. The lowest BCUT2D eigenvalue weighted by molar-refractivity contribution is -0.122. The van der Waals surface area contributed by atoms with Gasteiger partial charge in [-0.1, -0.05) is 24.3 Å². The number of aryl methyl sites for hydroxylation is 2. The molecule has 0 spiro atoms. The van der Waals surface area contributed by atoms with Gasteiger partial charge in [0.1, 0.15) is 10.7 Å². The van der Waals surface area contributed by atoms with Gasteiger partial charge in [0.2, 0.25) is 5.91 Å². The van der Waals surface area contributed by atoms with Crippen molar-refractivity contribution in [2.45, 2.75) is 50.2 Å². The monoisotopic (exact) mass is 443 g/mol. The van der Waals surface area contributed by atoms with Crippen molar-refractivity contribution in [1.82, 2.24) is 15.3 Å². The number of thiophene rings is 1. The van der Waals surface area contributed by atoms with E-state index in [1.54, 1.807) is 0 Å². The molecular formula is C22H25N3O3S2. The Hall–Kier alpha value is -2.16. The molecule has 6 nitrogen and oxygen atoms in total. The molecule has 1 amide bonds. The molecule has 8 heteroatoms. The quantitative estimate of drug-likeness (QED) is 0.545. The van der Waals surface area contributed by atoms with Crippen LogP contribution in [0.3, 0.4) is 0 Å². The highest BCUT2D eigenvalue weighted by Crippen LogP contribution is 2.31. The standard InChI is InChI=1S/C22H25N3O3S2/c1-12-13(2)30-21-18(12)20(28)23-17(24-21)10-29-14(3)19(27)25-22(11-26)8-15-6-4-5-7-16(15)9-22/h4-7,14,26H,8-11H2,1-3H3,(H,25,27)(H,23,24,28). The van der Waals surface area contributed by atoms with E-state index in [0.29, 0.717) is 29.8 Å². The molecule has 1 atom stereocenters. The van der Waals surface area contributed by atoms with Crippen LogP contribution in [0.25, 0.3) is 10.2 Å². The number of amides is 1. The lowest BCUT2D eigenvalue weighted by atomic mass is 9.96. The second kappa shape index (κ2) is 8.17. The summed E-state index contributed by atoms with van der Waals surface area (Å²) in [5.41, 5.74) is 2.54. The van der Waals surface area contributed by atoms with Gasteiger partial charge in [-0.15, -0.1) is 23.1 Å². The largest absolute Gasteiger partial charge is 0.394 e. The maximum Gasteiger partial charge on any atom is 0.259 e. The van der Waals surface area contributed by atoms with Crippen LogP contribution in [0, 0.1) is 13.8 Å². The highest BCUT2D eigenvalue weighted by Gasteiger charge is 2.38. The van der Waals surface area contributed by atoms with Crippen LogP contribution < -0.4 is 10.9 Å². The third-order valence-corrected chi connectivity index (χ3v) is 8.05. The summed E-state index contributed by atoms with van der Waals surface area (Å²) < 4.78 is 0. The summed E-state index contributed by atoms with van der Waals surface area (Å²) in [5.74, 6) is 0.888. The highest BCUT2D eigenvalue weighted by atomic mass is 32.2. The van der Waals surface area contributed by atoms with Crippen molar-refractivity contribution >= 4 is 39.2 Å². The van der Waals surface area contributed by atoms with Gasteiger partial charge in [0, 0.05) is 4.88 Å². The van der Waals surface area contributed by atoms with E-state index in [4.69, 9.17) is 0 Å². The Morgan fingerprint density at radius 2 is 2.00 bits per heavy atom. The van der Waals surface area contributed by atoms with Gasteiger partial charge < -0.3 is 15.4 Å². The summed E-state index contributed by atoms with van der Waals surface area (Å²) in [6, 6.07) is 8.05. The van der Waals surface area contributed by atoms with E-state index in [1.807, 2.05) is 45.0 Å². The number of benzene rings is 1. The molecule has 30 heavy (non-hydrogen) atoms. The summed E-state index contributed by atoms with van der Waals surface area (Å²) in [7, 11) is 0. The Kier molecular flexibility index (Phi) is 5.74. The van der Waals surface area contributed by atoms with Crippen molar-refractivity contribution in [3.8, 4) is 0 Å². The minimum atomic E-state index is -0.646. The van der Waals surface area contributed by atoms with Gasteiger partial charge in [0.05, 0.1) is 28.5 Å². The first-order valence-corrected chi connectivity index (χ1v) is 11.8. The molecule has 0 bridgehead atoms. The molecule has 3 aromatic rings. The summed E-state index contributed by atoms with van der Waals surface area (Å²) in [5, 5.41) is 13.4. The molecule has 1 aliphatic carbocycles. The number of nitrogens with zero attached hydrogens (tertiary/aromatic N) is 1. The second-order valence-corrected chi connectivity index (χ2v) is 10.5. The van der Waals surface area contributed by atoms with Gasteiger partial charge in [-0.25, -0.2) is 4.98 Å². The van der Waals surface area contributed by atoms with Gasteiger partial charge in [-0.05, 0) is 50.3 Å². The Morgan fingerprint density at radius 1 is 1.33 bits per heavy atom. The van der Waals surface area contributed by atoms with Gasteiger partial charge in [0.25, 0.3) is 5.56 Å². The number of hydrogen-bond donors (Lipinski definition) is 3. The third-order valence-electron chi connectivity index (χ3n) is 5.79. The summed E-state index contributed by atoms with van der Waals surface area (Å²) in [6.45, 7) is 5.65. The SMILES string of the molecule is Cc1sc2nc(CSC(C)C(=O)NC3(CO)Cc4ccccc4C3)[nH]c(=O)c2c1C. The number of aromatic amines is 1. The molecule has 0 saturated heterocycles. The highest BCUT2D eigenvalue weighted by molar-refractivity contribution is 7.99. The number of carbonyl (C=O) groups is 1. The van der Waals surface area contributed by atoms with Crippen LogP contribution in [0.15, 0.2) is 29.1 Å². The summed E-state index contributed by atoms with van der Waals surface area (Å²) in [4.78, 5) is 34.5. The zero-order valence-corrected chi connectivity index (χ0v) is 18.9. The lowest BCUT2D eigenvalue weighted by Crippen LogP contribution is -2.54. The van der Waals surface area contributed by atoms with Crippen molar-refractivity contribution in [2.75, 3.05) is 6.61 Å². The molecule has 0 fully saturated rings. The van der Waals surface area contributed by atoms with Gasteiger partial charge in [-0.2, -0.15) is 0 Å². The van der Waals surface area contributed by atoms with Crippen LogP contribution in [0.4, 0.5) is 0 Å². The molecule has 0 aliphatic heterocycles. The lowest BCUT2D eigenvalue weighted by Gasteiger charge is -2.29. The number of thioether (sulfide) groups is 1. The van der Waals surface area contributed by atoms with E-state index >= 15 is 0 Å². The van der Waals surface area contributed by atoms with Crippen LogP contribution in [0.1, 0.15) is 34.3 Å². The fourth-order valence-corrected chi connectivity index (χ4v) is 5.75. The Labute approximate surface area is 183 Å². The zero-order valence-electron chi connectivity index (χ0n) is 17.2. The number of hydrogen-bond acceptors (Lipinski definition) is 6. The van der Waals surface area contributed by atoms with E-state index in [0.717, 1.165) is 15.3 Å². The number of aliphatic hydroxyl groups is 1. The molecule has 1 unspecified atom stereocenters. The fourth-order valence-electron chi connectivity index (χ4n) is 3.94. The van der Waals surface area contributed by atoms with Crippen LogP contribution in [0.5, 0.6) is 0 Å². The van der Waals surface area contributed by atoms with Crippen molar-refractivity contribution in [3.05, 3.63) is 62.0 Å². The molecule has 4 rings (SSSR count). The Morgan fingerprint density at radius 3 is 2.63 bits per heavy atom. The molecule has 1 aromatic carbocycles. The predicted octanol–water partition coefficient (Wildman–Crippen LogP) is 2.87. The van der Waals surface area contributed by atoms with Crippen LogP contribution >= 0.6 is 23.1 Å². The van der Waals surface area contributed by atoms with Crippen molar-refractivity contribution in [1.29, 1.82) is 0 Å². The van der Waals surface area contributed by atoms with E-state index in [2.05, 4.69) is 15.3 Å². The smallest absolute Gasteiger partial charge is 0.259 e. The minimum absolute atomic E-state index is 0.104. The molecule has 2 aromatic heterocycles.